The molecule has 0 amide bonds. The minimum absolute atomic E-state index is 0.292. The van der Waals surface area contributed by atoms with Crippen molar-refractivity contribution >= 4 is 0 Å². The Balaban J connectivity index is 2.80. The van der Waals surface area contributed by atoms with E-state index in [9.17, 15) is 36.6 Å². The summed E-state index contributed by atoms with van der Waals surface area (Å²) in [5.41, 5.74) is -6.39. The van der Waals surface area contributed by atoms with Crippen molar-refractivity contribution in [3.63, 3.8) is 0 Å². The first kappa shape index (κ1) is 18.0. The highest BCUT2D eigenvalue weighted by Crippen LogP contribution is 2.57. The maximum atomic E-state index is 13.7. The van der Waals surface area contributed by atoms with Crippen LogP contribution in [0.25, 0.3) is 0 Å². The lowest BCUT2D eigenvalue weighted by Crippen LogP contribution is -2.55. The number of allylic oxidation sites excluding steroid dienone is 5. The molecule has 2 rings (SSSR count). The van der Waals surface area contributed by atoms with Gasteiger partial charge in [-0.15, -0.1) is 0 Å². The molecule has 2 nitrogen and oxygen atoms in total. The van der Waals surface area contributed by atoms with E-state index in [4.69, 9.17) is 0 Å². The molecule has 0 spiro atoms. The normalized spacial score (nSPS) is 16.4. The van der Waals surface area contributed by atoms with Gasteiger partial charge in [0.25, 0.3) is 0 Å². The molecule has 0 saturated carbocycles. The van der Waals surface area contributed by atoms with Gasteiger partial charge in [-0.3, -0.25) is 0 Å². The Hall–Kier alpha value is -2.38. The van der Waals surface area contributed by atoms with Crippen LogP contribution in [0.2, 0.25) is 0 Å². The van der Waals surface area contributed by atoms with E-state index in [2.05, 4.69) is 0 Å². The van der Waals surface area contributed by atoms with Crippen molar-refractivity contribution in [3.05, 3.63) is 65.5 Å². The van der Waals surface area contributed by atoms with E-state index in [0.29, 0.717) is 18.2 Å². The van der Waals surface area contributed by atoms with E-state index in [1.807, 2.05) is 0 Å². The van der Waals surface area contributed by atoms with Gasteiger partial charge in [-0.05, 0) is 41.8 Å². The number of aliphatic hydroxyl groups excluding tert-OH is 1. The van der Waals surface area contributed by atoms with Gasteiger partial charge in [-0.1, -0.05) is 24.3 Å². The third kappa shape index (κ3) is 2.88. The van der Waals surface area contributed by atoms with Crippen LogP contribution in [0.1, 0.15) is 12.0 Å². The number of hydrogen-bond acceptors (Lipinski definition) is 2. The smallest absolute Gasteiger partial charge is 0.411 e. The number of halogens is 6. The molecule has 0 aromatic heterocycles. The van der Waals surface area contributed by atoms with Crippen LogP contribution in [0, 0.1) is 0 Å². The van der Waals surface area contributed by atoms with Crippen LogP contribution in [-0.2, 0) is 5.41 Å². The number of aliphatic hydroxyl groups is 1. The lowest BCUT2D eigenvalue weighted by molar-refractivity contribution is -0.289. The molecular weight excluding hydrogens is 338 g/mol. The summed E-state index contributed by atoms with van der Waals surface area (Å²) in [5, 5.41) is 18.5. The second-order valence-electron chi connectivity index (χ2n) is 5.15. The highest BCUT2D eigenvalue weighted by Gasteiger charge is 2.72. The van der Waals surface area contributed by atoms with Gasteiger partial charge in [-0.25, -0.2) is 0 Å². The third-order valence-corrected chi connectivity index (χ3v) is 3.68. The zero-order chi connectivity index (χ0) is 18.2. The summed E-state index contributed by atoms with van der Waals surface area (Å²) in [6.45, 7) is 0. The molecule has 0 unspecified atom stereocenters. The molecule has 0 fully saturated rings. The number of rotatable bonds is 2. The monoisotopic (exact) mass is 350 g/mol. The van der Waals surface area contributed by atoms with Gasteiger partial charge >= 0.3 is 12.4 Å². The largest absolute Gasteiger partial charge is 0.508 e. The average molecular weight is 350 g/mol. The molecule has 1 aliphatic rings. The summed E-state index contributed by atoms with van der Waals surface area (Å²) >= 11 is 0. The summed E-state index contributed by atoms with van der Waals surface area (Å²) in [4.78, 5) is 0. The molecular formula is C16H12F6O2. The molecule has 8 heteroatoms. The van der Waals surface area contributed by atoms with Gasteiger partial charge in [-0.2, -0.15) is 26.3 Å². The predicted molar refractivity (Wildman–Crippen MR) is 74.4 cm³/mol. The van der Waals surface area contributed by atoms with Crippen LogP contribution < -0.4 is 0 Å². The fourth-order valence-electron chi connectivity index (χ4n) is 2.59. The van der Waals surface area contributed by atoms with Crippen molar-refractivity contribution in [2.24, 2.45) is 0 Å². The quantitative estimate of drug-likeness (QED) is 0.730. The molecule has 0 atom stereocenters. The maximum absolute atomic E-state index is 13.7. The highest BCUT2D eigenvalue weighted by atomic mass is 19.4. The molecule has 1 aromatic rings. The van der Waals surface area contributed by atoms with E-state index in [1.54, 1.807) is 0 Å². The first-order valence-corrected chi connectivity index (χ1v) is 6.71. The summed E-state index contributed by atoms with van der Waals surface area (Å²) in [7, 11) is 0. The van der Waals surface area contributed by atoms with Crippen molar-refractivity contribution in [1.82, 2.24) is 0 Å². The summed E-state index contributed by atoms with van der Waals surface area (Å²) in [6.07, 6.45) is -8.43. The van der Waals surface area contributed by atoms with Gasteiger partial charge in [0, 0.05) is 0 Å². The second-order valence-corrected chi connectivity index (χ2v) is 5.15. The molecule has 1 aromatic carbocycles. The zero-order valence-corrected chi connectivity index (χ0v) is 12.0. The van der Waals surface area contributed by atoms with E-state index in [0.717, 1.165) is 30.4 Å². The van der Waals surface area contributed by atoms with Gasteiger partial charge in [0.1, 0.15) is 11.5 Å². The SMILES string of the molecule is OC1=CCC=C(C(c2ccc(O)cc2)(C(F)(F)F)C(F)(F)F)C=C1. The fourth-order valence-corrected chi connectivity index (χ4v) is 2.59. The Kier molecular flexibility index (Phi) is 4.43. The number of aromatic hydroxyl groups is 1. The Morgan fingerprint density at radius 3 is 1.79 bits per heavy atom. The molecule has 130 valence electrons. The van der Waals surface area contributed by atoms with E-state index in [1.165, 1.54) is 0 Å². The van der Waals surface area contributed by atoms with Crippen LogP contribution >= 0.6 is 0 Å². The lowest BCUT2D eigenvalue weighted by atomic mass is 9.72. The van der Waals surface area contributed by atoms with E-state index in [-0.39, 0.29) is 6.42 Å². The standard InChI is InChI=1S/C16H12F6O2/c17-15(18,19)14(16(20,21)22,11-5-8-13(24)9-6-11)10-2-1-3-12(23)7-4-10/h2-9,23-24H,1H2. The van der Waals surface area contributed by atoms with Crippen LogP contribution in [0.4, 0.5) is 26.3 Å². The summed E-state index contributed by atoms with van der Waals surface area (Å²) < 4.78 is 82.4. The fraction of sp³-hybridized carbons (Fsp3) is 0.250. The first-order valence-electron chi connectivity index (χ1n) is 6.71. The molecule has 0 aliphatic heterocycles. The molecule has 0 saturated heterocycles. The second kappa shape index (κ2) is 5.92. The van der Waals surface area contributed by atoms with Crippen molar-refractivity contribution < 1.29 is 36.6 Å². The van der Waals surface area contributed by atoms with Crippen LogP contribution in [0.15, 0.2) is 59.9 Å². The van der Waals surface area contributed by atoms with Crippen molar-refractivity contribution in [2.45, 2.75) is 24.2 Å². The maximum Gasteiger partial charge on any atom is 0.411 e. The molecule has 0 radical (unpaired) electrons. The summed E-state index contributed by atoms with van der Waals surface area (Å²) in [6, 6.07) is 2.70. The van der Waals surface area contributed by atoms with Gasteiger partial charge in [0.05, 0.1) is 0 Å². The molecule has 0 bridgehead atoms. The zero-order valence-electron chi connectivity index (χ0n) is 12.0. The summed E-state index contributed by atoms with van der Waals surface area (Å²) in [5.74, 6) is -0.882. The third-order valence-electron chi connectivity index (χ3n) is 3.68. The number of hydrogen-bond donors (Lipinski definition) is 2. The minimum Gasteiger partial charge on any atom is -0.508 e. The lowest BCUT2D eigenvalue weighted by Gasteiger charge is -2.39. The topological polar surface area (TPSA) is 40.5 Å². The Morgan fingerprint density at radius 2 is 1.29 bits per heavy atom. The van der Waals surface area contributed by atoms with Crippen LogP contribution in [-0.4, -0.2) is 22.6 Å². The first-order chi connectivity index (χ1) is 11.0. The Labute approximate surface area is 133 Å². The number of alkyl halides is 6. The molecule has 2 N–H and O–H groups in total. The van der Waals surface area contributed by atoms with Crippen molar-refractivity contribution in [3.8, 4) is 5.75 Å². The Bertz CT molecular complexity index is 679. The number of phenols is 1. The predicted octanol–water partition coefficient (Wildman–Crippen LogP) is 5.08. The van der Waals surface area contributed by atoms with Crippen molar-refractivity contribution in [2.75, 3.05) is 0 Å². The van der Waals surface area contributed by atoms with E-state index < -0.39 is 40.4 Å². The van der Waals surface area contributed by atoms with Crippen LogP contribution in [0.3, 0.4) is 0 Å². The number of benzene rings is 1. The number of phenolic OH excluding ortho intramolecular Hbond substituents is 1. The Morgan fingerprint density at radius 1 is 0.750 bits per heavy atom. The average Bonchev–Trinajstić information content (AvgIpc) is 2.64. The van der Waals surface area contributed by atoms with Gasteiger partial charge in [0.2, 0.25) is 5.41 Å². The van der Waals surface area contributed by atoms with Gasteiger partial charge < -0.3 is 10.2 Å². The van der Waals surface area contributed by atoms with Gasteiger partial charge in [0.15, 0.2) is 0 Å². The molecule has 24 heavy (non-hydrogen) atoms. The molecule has 1 aliphatic carbocycles. The van der Waals surface area contributed by atoms with Crippen molar-refractivity contribution in [1.29, 1.82) is 0 Å². The van der Waals surface area contributed by atoms with E-state index >= 15 is 0 Å². The molecule has 0 heterocycles. The highest BCUT2D eigenvalue weighted by molar-refractivity contribution is 5.49. The van der Waals surface area contributed by atoms with Crippen LogP contribution in [0.5, 0.6) is 5.75 Å². The minimum atomic E-state index is -5.70.